The Morgan fingerprint density at radius 3 is 1.43 bits per heavy atom. The molecule has 0 N–H and O–H groups in total. The first-order valence-electron chi connectivity index (χ1n) is 20.6. The summed E-state index contributed by atoms with van der Waals surface area (Å²) < 4.78 is 90.8. The summed E-state index contributed by atoms with van der Waals surface area (Å²) in [6.07, 6.45) is -5.69. The summed E-state index contributed by atoms with van der Waals surface area (Å²) in [5.74, 6) is 0.778. The molecule has 2 aromatic carbocycles. The molecule has 0 unspecified atom stereocenters. The highest BCUT2D eigenvalue weighted by Crippen LogP contribution is 2.35. The maximum Gasteiger partial charge on any atom is 0.393 e. The van der Waals surface area contributed by atoms with Crippen LogP contribution >= 0.6 is 22.7 Å². The van der Waals surface area contributed by atoms with Crippen molar-refractivity contribution < 1.29 is 40.3 Å². The first-order valence-corrected chi connectivity index (χ1v) is 22.2. The molecule has 8 rings (SSSR count). The molecule has 0 atom stereocenters. The van der Waals surface area contributed by atoms with Gasteiger partial charge in [-0.15, -0.1) is 22.7 Å². The fraction of sp³-hybridized carbons (Fsp3) is 0.409. The van der Waals surface area contributed by atoms with E-state index in [1.165, 1.54) is 30.4 Å². The van der Waals surface area contributed by atoms with Crippen LogP contribution in [0, 0.1) is 5.82 Å². The van der Waals surface area contributed by atoms with Crippen molar-refractivity contribution in [1.82, 2.24) is 29.7 Å². The largest absolute Gasteiger partial charge is 0.393 e. The summed E-state index contributed by atoms with van der Waals surface area (Å²) in [7, 11) is 0. The van der Waals surface area contributed by atoms with Crippen molar-refractivity contribution in [3.8, 4) is 0 Å². The van der Waals surface area contributed by atoms with Crippen molar-refractivity contribution in [2.75, 3.05) is 62.2 Å². The Morgan fingerprint density at radius 1 is 0.571 bits per heavy atom. The van der Waals surface area contributed by atoms with Gasteiger partial charge in [0.1, 0.15) is 39.8 Å². The summed E-state index contributed by atoms with van der Waals surface area (Å²) in [6, 6.07) is 16.1. The standard InChI is InChI=1S/C22H22F4N4OS.C22H23F3N4OS/c1-2-14-3-4-15(18(23)9-14)10-19(31)29-5-7-30(8-6-29)20-17-11-16(12-22(24,25)26)32-21(17)28-13-27-20;1-2-15-3-5-16(6-4-15)11-19(30)28-7-9-29(10-8-28)20-18-12-17(13-22(23,24)25)31-21(18)27-14-26-20/h3-4,9,11,13H,2,5-8,10,12H2,1H3;3-6,12,14H,2,7-11,13H2,1H3. The molecule has 0 bridgehead atoms. The maximum atomic E-state index is 14.2. The van der Waals surface area contributed by atoms with E-state index in [4.69, 9.17) is 0 Å². The molecule has 0 radical (unpaired) electrons. The lowest BCUT2D eigenvalue weighted by molar-refractivity contribution is -0.131. The minimum absolute atomic E-state index is 0.00108. The molecule has 0 aliphatic carbocycles. The number of carbonyl (C=O) groups is 2. The van der Waals surface area contributed by atoms with Crippen molar-refractivity contribution in [3.05, 3.63) is 105 Å². The van der Waals surface area contributed by atoms with Gasteiger partial charge in [-0.2, -0.15) is 26.3 Å². The van der Waals surface area contributed by atoms with Gasteiger partial charge in [0.25, 0.3) is 0 Å². The summed E-state index contributed by atoms with van der Waals surface area (Å²) in [4.78, 5) is 51.2. The number of alkyl halides is 6. The Bertz CT molecular complexity index is 2530. The summed E-state index contributed by atoms with van der Waals surface area (Å²) >= 11 is 2.06. The van der Waals surface area contributed by atoms with Crippen LogP contribution in [0.25, 0.3) is 20.4 Å². The van der Waals surface area contributed by atoms with Crippen LogP contribution < -0.4 is 9.80 Å². The Kier molecular flexibility index (Phi) is 14.1. The second-order valence-corrected chi connectivity index (χ2v) is 17.6. The monoisotopic (exact) mass is 914 g/mol. The van der Waals surface area contributed by atoms with Crippen LogP contribution in [0.2, 0.25) is 0 Å². The number of amides is 2. The highest BCUT2D eigenvalue weighted by Gasteiger charge is 2.31. The van der Waals surface area contributed by atoms with Crippen LogP contribution in [0.4, 0.5) is 42.4 Å². The van der Waals surface area contributed by atoms with E-state index in [2.05, 4.69) is 39.0 Å². The zero-order valence-corrected chi connectivity index (χ0v) is 36.2. The van der Waals surface area contributed by atoms with Crippen LogP contribution in [0.5, 0.6) is 0 Å². The van der Waals surface area contributed by atoms with Crippen molar-refractivity contribution in [2.45, 2.75) is 64.7 Å². The zero-order chi connectivity index (χ0) is 44.9. The Hall–Kier alpha value is -5.43. The fourth-order valence-corrected chi connectivity index (χ4v) is 9.64. The van der Waals surface area contributed by atoms with E-state index >= 15 is 0 Å². The zero-order valence-electron chi connectivity index (χ0n) is 34.6. The Morgan fingerprint density at radius 2 is 1.00 bits per heavy atom. The van der Waals surface area contributed by atoms with Gasteiger partial charge in [-0.1, -0.05) is 50.2 Å². The molecule has 4 aromatic heterocycles. The van der Waals surface area contributed by atoms with Gasteiger partial charge < -0.3 is 19.6 Å². The summed E-state index contributed by atoms with van der Waals surface area (Å²) in [5.41, 5.74) is 3.50. The van der Waals surface area contributed by atoms with Gasteiger partial charge in [-0.25, -0.2) is 24.3 Å². The van der Waals surface area contributed by atoms with Gasteiger partial charge >= 0.3 is 12.4 Å². The van der Waals surface area contributed by atoms with E-state index in [-0.39, 0.29) is 33.8 Å². The molecule has 2 amide bonds. The molecule has 2 aliphatic heterocycles. The number of piperazine rings is 2. The third-order valence-electron chi connectivity index (χ3n) is 11.0. The SMILES string of the molecule is CCc1ccc(CC(=O)N2CCN(c3ncnc4sc(CC(F)(F)F)cc34)CC2)c(F)c1.CCc1ccc(CC(=O)N2CCN(c3ncnc4sc(CC(F)(F)F)cc34)CC2)cc1. The molecular weight excluding hydrogens is 870 g/mol. The number of carbonyl (C=O) groups excluding carboxylic acids is 2. The molecule has 10 nitrogen and oxygen atoms in total. The van der Waals surface area contributed by atoms with Crippen LogP contribution in [0.1, 0.15) is 45.9 Å². The lowest BCUT2D eigenvalue weighted by Gasteiger charge is -2.35. The number of rotatable bonds is 10. The molecule has 0 spiro atoms. The van der Waals surface area contributed by atoms with Crippen LogP contribution in [0.3, 0.4) is 0 Å². The second-order valence-electron chi connectivity index (χ2n) is 15.4. The first kappa shape index (κ1) is 45.6. The van der Waals surface area contributed by atoms with E-state index in [0.717, 1.165) is 46.6 Å². The summed E-state index contributed by atoms with van der Waals surface area (Å²) in [5, 5.41) is 1.23. The number of fused-ring (bicyclic) bond motifs is 2. The topological polar surface area (TPSA) is 98.7 Å². The van der Waals surface area contributed by atoms with Crippen molar-refractivity contribution in [3.63, 3.8) is 0 Å². The number of thiophene rings is 2. The van der Waals surface area contributed by atoms with Crippen LogP contribution in [0.15, 0.2) is 67.3 Å². The third-order valence-corrected chi connectivity index (χ3v) is 13.1. The Labute approximate surface area is 367 Å². The summed E-state index contributed by atoms with van der Waals surface area (Å²) in [6.45, 7) is 8.13. The number of hydrogen-bond acceptors (Lipinski definition) is 10. The van der Waals surface area contributed by atoms with Gasteiger partial charge in [0, 0.05) is 62.1 Å². The lowest BCUT2D eigenvalue weighted by Crippen LogP contribution is -2.49. The van der Waals surface area contributed by atoms with E-state index in [1.807, 2.05) is 39.8 Å². The van der Waals surface area contributed by atoms with Gasteiger partial charge in [-0.3, -0.25) is 9.59 Å². The smallest absolute Gasteiger partial charge is 0.352 e. The molecule has 0 saturated carbocycles. The Balaban J connectivity index is 0.000000189. The third kappa shape index (κ3) is 11.8. The number of aryl methyl sites for hydroxylation is 2. The molecule has 19 heteroatoms. The first-order chi connectivity index (χ1) is 30.1. The van der Waals surface area contributed by atoms with Crippen LogP contribution in [-0.4, -0.2) is 106 Å². The lowest BCUT2D eigenvalue weighted by atomic mass is 10.1. The molecule has 6 heterocycles. The number of aromatic nitrogens is 4. The van der Waals surface area contributed by atoms with Crippen molar-refractivity contribution in [2.24, 2.45) is 0 Å². The van der Waals surface area contributed by atoms with Crippen LogP contribution in [-0.2, 0) is 48.1 Å². The predicted octanol–water partition coefficient (Wildman–Crippen LogP) is 8.64. The molecule has 63 heavy (non-hydrogen) atoms. The molecule has 2 saturated heterocycles. The van der Waals surface area contributed by atoms with Gasteiger partial charge in [-0.05, 0) is 53.3 Å². The van der Waals surface area contributed by atoms with Crippen molar-refractivity contribution >= 4 is 66.6 Å². The number of hydrogen-bond donors (Lipinski definition) is 0. The molecule has 2 aliphatic rings. The molecule has 334 valence electrons. The highest BCUT2D eigenvalue weighted by atomic mass is 32.1. The van der Waals surface area contributed by atoms with Gasteiger partial charge in [0.15, 0.2) is 0 Å². The van der Waals surface area contributed by atoms with E-state index in [1.54, 1.807) is 17.0 Å². The maximum absolute atomic E-state index is 14.2. The number of halogens is 7. The van der Waals surface area contributed by atoms with E-state index < -0.39 is 25.2 Å². The number of benzene rings is 2. The van der Waals surface area contributed by atoms with Crippen molar-refractivity contribution in [1.29, 1.82) is 0 Å². The molecular formula is C44H45F7N8O2S2. The molecule has 2 fully saturated rings. The fourth-order valence-electron chi connectivity index (χ4n) is 7.60. The minimum Gasteiger partial charge on any atom is -0.352 e. The molecule has 6 aromatic rings. The highest BCUT2D eigenvalue weighted by molar-refractivity contribution is 7.19. The van der Waals surface area contributed by atoms with E-state index in [9.17, 15) is 40.3 Å². The normalized spacial score (nSPS) is 14.9. The second kappa shape index (κ2) is 19.5. The average Bonchev–Trinajstić information content (AvgIpc) is 3.86. The van der Waals surface area contributed by atoms with Gasteiger partial charge in [0.2, 0.25) is 11.8 Å². The predicted molar refractivity (Wildman–Crippen MR) is 231 cm³/mol. The van der Waals surface area contributed by atoms with Gasteiger partial charge in [0.05, 0.1) is 36.5 Å². The van der Waals surface area contributed by atoms with E-state index in [0.29, 0.717) is 96.4 Å². The number of nitrogens with zero attached hydrogens (tertiary/aromatic N) is 8. The average molecular weight is 915 g/mol. The minimum atomic E-state index is -4.28. The number of anilines is 2. The quantitative estimate of drug-likeness (QED) is 0.126.